The van der Waals surface area contributed by atoms with E-state index in [-0.39, 0.29) is 23.8 Å². The number of nitrogens with two attached hydrogens (primary N) is 2. The van der Waals surface area contributed by atoms with Gasteiger partial charge >= 0.3 is 11.9 Å². The molecule has 0 spiro atoms. The van der Waals surface area contributed by atoms with Crippen LogP contribution in [0.1, 0.15) is 90.6 Å². The monoisotopic (exact) mass is 484 g/mol. The summed E-state index contributed by atoms with van der Waals surface area (Å²) < 4.78 is 17.8. The topological polar surface area (TPSA) is 114 Å². The van der Waals surface area contributed by atoms with Gasteiger partial charge in [0, 0.05) is 22.5 Å². The maximum atomic E-state index is 12.6. The van der Waals surface area contributed by atoms with E-state index in [0.717, 1.165) is 0 Å². The fourth-order valence-electron chi connectivity index (χ4n) is 3.99. The van der Waals surface area contributed by atoms with E-state index in [2.05, 4.69) is 0 Å². The zero-order valence-corrected chi connectivity index (χ0v) is 21.8. The van der Waals surface area contributed by atoms with E-state index in [0.29, 0.717) is 59.7 Å². The van der Waals surface area contributed by atoms with Crippen LogP contribution in [0.25, 0.3) is 0 Å². The number of nitrogen functional groups attached to an aromatic ring is 2. The van der Waals surface area contributed by atoms with E-state index in [4.69, 9.17) is 25.7 Å². The SMILES string of the molecule is CCC(CC)C(=O)OC(C)c1cc(N)ccc1Oc1ccc(N)cc1C(C)OC(=O)C(CC)CC. The Morgan fingerprint density at radius 1 is 0.686 bits per heavy atom. The lowest BCUT2D eigenvalue weighted by atomic mass is 10.0. The molecule has 7 heteroatoms. The zero-order valence-electron chi connectivity index (χ0n) is 21.8. The Labute approximate surface area is 209 Å². The first-order chi connectivity index (χ1) is 16.6. The van der Waals surface area contributed by atoms with Gasteiger partial charge in [0.1, 0.15) is 23.7 Å². The molecule has 7 nitrogen and oxygen atoms in total. The van der Waals surface area contributed by atoms with Gasteiger partial charge in [-0.3, -0.25) is 9.59 Å². The lowest BCUT2D eigenvalue weighted by Gasteiger charge is -2.23. The van der Waals surface area contributed by atoms with Crippen LogP contribution in [0.3, 0.4) is 0 Å². The number of esters is 2. The lowest BCUT2D eigenvalue weighted by molar-refractivity contribution is -0.154. The number of benzene rings is 2. The molecular weight excluding hydrogens is 444 g/mol. The molecule has 2 aromatic carbocycles. The molecule has 2 rings (SSSR count). The van der Waals surface area contributed by atoms with E-state index in [1.165, 1.54) is 0 Å². The number of anilines is 2. The normalized spacial score (nSPS) is 12.9. The van der Waals surface area contributed by atoms with Gasteiger partial charge in [0.25, 0.3) is 0 Å². The van der Waals surface area contributed by atoms with Gasteiger partial charge in [0.15, 0.2) is 0 Å². The molecule has 192 valence electrons. The third kappa shape index (κ3) is 7.38. The summed E-state index contributed by atoms with van der Waals surface area (Å²) in [7, 11) is 0. The fourth-order valence-corrected chi connectivity index (χ4v) is 3.99. The lowest BCUT2D eigenvalue weighted by Crippen LogP contribution is -2.19. The molecule has 0 amide bonds. The van der Waals surface area contributed by atoms with Crippen molar-refractivity contribution in [3.63, 3.8) is 0 Å². The maximum absolute atomic E-state index is 12.6. The van der Waals surface area contributed by atoms with E-state index < -0.39 is 12.2 Å². The summed E-state index contributed by atoms with van der Waals surface area (Å²) >= 11 is 0. The van der Waals surface area contributed by atoms with Crippen molar-refractivity contribution in [1.82, 2.24) is 0 Å². The first kappa shape index (κ1) is 28.0. The van der Waals surface area contributed by atoms with Crippen LogP contribution in [0.15, 0.2) is 36.4 Å². The molecule has 0 bridgehead atoms. The standard InChI is InChI=1S/C28H40N2O5/c1-7-19(8-2)27(31)33-17(5)23-15-21(29)11-13-25(23)35-26-14-12-22(30)16-24(26)18(6)34-28(32)20(9-3)10-4/h11-20H,7-10,29-30H2,1-6H3. The van der Waals surface area contributed by atoms with Gasteiger partial charge in [-0.1, -0.05) is 27.7 Å². The molecule has 0 aromatic heterocycles. The van der Waals surface area contributed by atoms with E-state index in [1.54, 1.807) is 50.2 Å². The molecule has 0 aliphatic rings. The van der Waals surface area contributed by atoms with Crippen molar-refractivity contribution in [3.05, 3.63) is 47.5 Å². The quantitative estimate of drug-likeness (QED) is 0.254. The van der Waals surface area contributed by atoms with Gasteiger partial charge < -0.3 is 25.7 Å². The summed E-state index contributed by atoms with van der Waals surface area (Å²) in [6.45, 7) is 11.5. The van der Waals surface area contributed by atoms with Gasteiger partial charge in [-0.25, -0.2) is 0 Å². The first-order valence-corrected chi connectivity index (χ1v) is 12.5. The van der Waals surface area contributed by atoms with Crippen LogP contribution in [0.4, 0.5) is 11.4 Å². The molecule has 4 N–H and O–H groups in total. The summed E-state index contributed by atoms with van der Waals surface area (Å²) in [5.41, 5.74) is 14.4. The predicted molar refractivity (Wildman–Crippen MR) is 139 cm³/mol. The Morgan fingerprint density at radius 3 is 1.34 bits per heavy atom. The van der Waals surface area contributed by atoms with Crippen molar-refractivity contribution in [1.29, 1.82) is 0 Å². The van der Waals surface area contributed by atoms with Crippen LogP contribution in [0.2, 0.25) is 0 Å². The second-order valence-electron chi connectivity index (χ2n) is 8.88. The molecule has 0 saturated heterocycles. The Morgan fingerprint density at radius 2 is 1.03 bits per heavy atom. The number of hydrogen-bond donors (Lipinski definition) is 2. The highest BCUT2D eigenvalue weighted by molar-refractivity contribution is 5.73. The summed E-state index contributed by atoms with van der Waals surface area (Å²) in [6, 6.07) is 10.4. The van der Waals surface area contributed by atoms with Crippen LogP contribution >= 0.6 is 0 Å². The van der Waals surface area contributed by atoms with Crippen LogP contribution in [-0.4, -0.2) is 11.9 Å². The van der Waals surface area contributed by atoms with Gasteiger partial charge in [0.05, 0.1) is 11.8 Å². The molecule has 0 saturated carbocycles. The van der Waals surface area contributed by atoms with Gasteiger partial charge in [0.2, 0.25) is 0 Å². The third-order valence-corrected chi connectivity index (χ3v) is 6.39. The molecule has 0 fully saturated rings. The summed E-state index contributed by atoms with van der Waals surface area (Å²) in [6.07, 6.45) is 1.72. The largest absolute Gasteiger partial charge is 0.457 e. The molecule has 35 heavy (non-hydrogen) atoms. The van der Waals surface area contributed by atoms with Gasteiger partial charge in [-0.2, -0.15) is 0 Å². The summed E-state index contributed by atoms with van der Waals surface area (Å²) in [4.78, 5) is 25.2. The fraction of sp³-hybridized carbons (Fsp3) is 0.500. The van der Waals surface area contributed by atoms with E-state index in [9.17, 15) is 9.59 Å². The predicted octanol–water partition coefficient (Wildman–Crippen LogP) is 6.72. The van der Waals surface area contributed by atoms with Crippen LogP contribution < -0.4 is 16.2 Å². The summed E-state index contributed by atoms with van der Waals surface area (Å²) in [5.74, 6) is 0.188. The smallest absolute Gasteiger partial charge is 0.309 e. The molecule has 0 aliphatic carbocycles. The highest BCUT2D eigenvalue weighted by Crippen LogP contribution is 2.38. The maximum Gasteiger partial charge on any atom is 0.309 e. The van der Waals surface area contributed by atoms with E-state index in [1.807, 2.05) is 27.7 Å². The Balaban J connectivity index is 2.35. The van der Waals surface area contributed by atoms with Crippen molar-refractivity contribution in [2.75, 3.05) is 11.5 Å². The average molecular weight is 485 g/mol. The number of ether oxygens (including phenoxy) is 3. The molecule has 0 radical (unpaired) electrons. The van der Waals surface area contributed by atoms with Crippen molar-refractivity contribution < 1.29 is 23.8 Å². The third-order valence-electron chi connectivity index (χ3n) is 6.39. The van der Waals surface area contributed by atoms with Gasteiger partial charge in [-0.05, 0) is 75.9 Å². The molecule has 2 unspecified atom stereocenters. The van der Waals surface area contributed by atoms with Gasteiger partial charge in [-0.15, -0.1) is 0 Å². The Kier molecular flexibility index (Phi) is 10.4. The van der Waals surface area contributed by atoms with Crippen molar-refractivity contribution in [3.8, 4) is 11.5 Å². The summed E-state index contributed by atoms with van der Waals surface area (Å²) in [5, 5.41) is 0. The highest BCUT2D eigenvalue weighted by Gasteiger charge is 2.24. The second-order valence-corrected chi connectivity index (χ2v) is 8.88. The molecule has 2 aromatic rings. The minimum absolute atomic E-state index is 0.155. The van der Waals surface area contributed by atoms with Crippen LogP contribution in [0, 0.1) is 11.8 Å². The van der Waals surface area contributed by atoms with E-state index >= 15 is 0 Å². The molecular formula is C28H40N2O5. The Bertz CT molecular complexity index is 919. The first-order valence-electron chi connectivity index (χ1n) is 12.5. The molecule has 2 atom stereocenters. The number of rotatable bonds is 12. The van der Waals surface area contributed by atoms with Crippen molar-refractivity contribution in [2.45, 2.75) is 79.4 Å². The number of carbonyl (C=O) groups is 2. The molecule has 0 heterocycles. The van der Waals surface area contributed by atoms with Crippen LogP contribution in [0.5, 0.6) is 11.5 Å². The number of hydrogen-bond acceptors (Lipinski definition) is 7. The minimum Gasteiger partial charge on any atom is -0.457 e. The van der Waals surface area contributed by atoms with Crippen molar-refractivity contribution >= 4 is 23.3 Å². The Hall–Kier alpha value is -3.22. The van der Waals surface area contributed by atoms with Crippen LogP contribution in [-0.2, 0) is 19.1 Å². The number of carbonyl (C=O) groups excluding carboxylic acids is 2. The highest BCUT2D eigenvalue weighted by atomic mass is 16.6. The molecule has 0 aliphatic heterocycles. The second kappa shape index (κ2) is 13.0. The van der Waals surface area contributed by atoms with Crippen molar-refractivity contribution in [2.24, 2.45) is 11.8 Å². The minimum atomic E-state index is -0.566. The average Bonchev–Trinajstić information content (AvgIpc) is 2.82. The zero-order chi connectivity index (χ0) is 26.1.